The van der Waals surface area contributed by atoms with E-state index in [1.807, 2.05) is 0 Å². The molecule has 5 heteroatoms. The molecule has 64 valence electrons. The number of oxime groups is 1. The van der Waals surface area contributed by atoms with E-state index in [1.54, 1.807) is 11.4 Å². The fraction of sp³-hybridized carbons (Fsp3) is 0.143. The van der Waals surface area contributed by atoms with Crippen molar-refractivity contribution in [1.82, 2.24) is 0 Å². The number of carbonyl (C=O) groups is 1. The highest BCUT2D eigenvalue weighted by atomic mass is 32.1. The predicted molar refractivity (Wildman–Crippen MR) is 47.4 cm³/mol. The Hall–Kier alpha value is -1.36. The Morgan fingerprint density at radius 1 is 1.83 bits per heavy atom. The van der Waals surface area contributed by atoms with Gasteiger partial charge in [0.05, 0.1) is 11.8 Å². The number of carbonyl (C=O) groups excluding carboxylic acids is 1. The standard InChI is InChI=1S/C7H8N2O2S/c1-11-9-3-6-2-5(4-12-6)7(8)10/h2-4H,1H3,(H2,8,10)/b9-3+. The Morgan fingerprint density at radius 2 is 2.58 bits per heavy atom. The fourth-order valence-electron chi connectivity index (χ4n) is 0.654. The van der Waals surface area contributed by atoms with Gasteiger partial charge in [-0.05, 0) is 6.07 Å². The number of hydrogen-bond acceptors (Lipinski definition) is 4. The molecule has 0 aliphatic rings. The molecule has 0 radical (unpaired) electrons. The maximum absolute atomic E-state index is 10.6. The lowest BCUT2D eigenvalue weighted by Crippen LogP contribution is -2.09. The number of thiophene rings is 1. The van der Waals surface area contributed by atoms with Crippen LogP contribution in [0.4, 0.5) is 0 Å². The highest BCUT2D eigenvalue weighted by Crippen LogP contribution is 2.11. The van der Waals surface area contributed by atoms with Crippen molar-refractivity contribution in [3.8, 4) is 0 Å². The molecule has 0 bridgehead atoms. The van der Waals surface area contributed by atoms with Crippen LogP contribution in [0.5, 0.6) is 0 Å². The van der Waals surface area contributed by atoms with Gasteiger partial charge < -0.3 is 10.6 Å². The summed E-state index contributed by atoms with van der Waals surface area (Å²) in [5.41, 5.74) is 5.55. The minimum atomic E-state index is -0.427. The van der Waals surface area contributed by atoms with Crippen LogP contribution in [-0.4, -0.2) is 19.2 Å². The third kappa shape index (κ3) is 2.06. The van der Waals surface area contributed by atoms with Gasteiger partial charge in [-0.2, -0.15) is 0 Å². The fourth-order valence-corrected chi connectivity index (χ4v) is 1.40. The number of nitrogens with two attached hydrogens (primary N) is 1. The van der Waals surface area contributed by atoms with E-state index in [0.29, 0.717) is 5.56 Å². The lowest BCUT2D eigenvalue weighted by molar-refractivity contribution is 0.100. The van der Waals surface area contributed by atoms with Crippen molar-refractivity contribution in [1.29, 1.82) is 0 Å². The molecule has 0 aromatic carbocycles. The Bertz CT molecular complexity index is 306. The molecular weight excluding hydrogens is 176 g/mol. The first-order valence-electron chi connectivity index (χ1n) is 3.19. The highest BCUT2D eigenvalue weighted by molar-refractivity contribution is 7.12. The van der Waals surface area contributed by atoms with Crippen LogP contribution >= 0.6 is 11.3 Å². The van der Waals surface area contributed by atoms with Crippen molar-refractivity contribution < 1.29 is 9.63 Å². The van der Waals surface area contributed by atoms with Crippen LogP contribution in [0.1, 0.15) is 15.2 Å². The SMILES string of the molecule is CO/N=C/c1cc(C(N)=O)cs1. The lowest BCUT2D eigenvalue weighted by atomic mass is 10.3. The van der Waals surface area contributed by atoms with Gasteiger partial charge in [0.1, 0.15) is 7.11 Å². The molecule has 0 fully saturated rings. The number of rotatable bonds is 3. The van der Waals surface area contributed by atoms with E-state index in [9.17, 15) is 4.79 Å². The lowest BCUT2D eigenvalue weighted by Gasteiger charge is -1.84. The van der Waals surface area contributed by atoms with Gasteiger partial charge in [0.15, 0.2) is 0 Å². The molecule has 0 aliphatic heterocycles. The minimum absolute atomic E-state index is 0.427. The number of amides is 1. The molecule has 12 heavy (non-hydrogen) atoms. The summed E-state index contributed by atoms with van der Waals surface area (Å²) in [4.78, 5) is 16.0. The molecule has 1 heterocycles. The summed E-state index contributed by atoms with van der Waals surface area (Å²) >= 11 is 1.39. The van der Waals surface area contributed by atoms with Crippen LogP contribution in [0, 0.1) is 0 Å². The third-order valence-corrected chi connectivity index (χ3v) is 2.06. The van der Waals surface area contributed by atoms with Gasteiger partial charge in [-0.15, -0.1) is 11.3 Å². The summed E-state index contributed by atoms with van der Waals surface area (Å²) < 4.78 is 0. The Labute approximate surface area is 73.6 Å². The first-order valence-corrected chi connectivity index (χ1v) is 4.07. The highest BCUT2D eigenvalue weighted by Gasteiger charge is 2.02. The quantitative estimate of drug-likeness (QED) is 0.558. The molecule has 0 unspecified atom stereocenters. The van der Waals surface area contributed by atoms with Gasteiger partial charge in [0.2, 0.25) is 5.91 Å². The van der Waals surface area contributed by atoms with Gasteiger partial charge >= 0.3 is 0 Å². The molecule has 0 saturated carbocycles. The molecule has 0 atom stereocenters. The van der Waals surface area contributed by atoms with Gasteiger partial charge in [0, 0.05) is 10.3 Å². The van der Waals surface area contributed by atoms with Crippen LogP contribution in [0.15, 0.2) is 16.6 Å². The van der Waals surface area contributed by atoms with E-state index in [-0.39, 0.29) is 0 Å². The van der Waals surface area contributed by atoms with E-state index in [2.05, 4.69) is 9.99 Å². The van der Waals surface area contributed by atoms with Crippen LogP contribution in [0.3, 0.4) is 0 Å². The van der Waals surface area contributed by atoms with E-state index in [4.69, 9.17) is 5.73 Å². The molecule has 1 rings (SSSR count). The molecule has 0 spiro atoms. The topological polar surface area (TPSA) is 64.7 Å². The number of hydrogen-bond donors (Lipinski definition) is 1. The molecule has 2 N–H and O–H groups in total. The monoisotopic (exact) mass is 184 g/mol. The van der Waals surface area contributed by atoms with Crippen molar-refractivity contribution in [3.63, 3.8) is 0 Å². The van der Waals surface area contributed by atoms with E-state index in [0.717, 1.165) is 4.88 Å². The average molecular weight is 184 g/mol. The molecule has 0 saturated heterocycles. The zero-order chi connectivity index (χ0) is 8.97. The van der Waals surface area contributed by atoms with Crippen molar-refractivity contribution in [2.24, 2.45) is 10.9 Å². The molecule has 4 nitrogen and oxygen atoms in total. The van der Waals surface area contributed by atoms with Crippen molar-refractivity contribution in [2.75, 3.05) is 7.11 Å². The smallest absolute Gasteiger partial charge is 0.249 e. The summed E-state index contributed by atoms with van der Waals surface area (Å²) in [6, 6.07) is 1.66. The Morgan fingerprint density at radius 3 is 3.08 bits per heavy atom. The van der Waals surface area contributed by atoms with Crippen LogP contribution < -0.4 is 5.73 Å². The normalized spacial score (nSPS) is 10.4. The minimum Gasteiger partial charge on any atom is -0.399 e. The summed E-state index contributed by atoms with van der Waals surface area (Å²) in [6.07, 6.45) is 1.52. The first kappa shape index (κ1) is 8.73. The van der Waals surface area contributed by atoms with Gasteiger partial charge in [-0.1, -0.05) is 5.16 Å². The predicted octanol–water partition coefficient (Wildman–Crippen LogP) is 0.827. The molecular formula is C7H8N2O2S. The number of primary amides is 1. The van der Waals surface area contributed by atoms with Gasteiger partial charge in [0.25, 0.3) is 0 Å². The second kappa shape index (κ2) is 3.87. The van der Waals surface area contributed by atoms with E-state index < -0.39 is 5.91 Å². The molecule has 1 aromatic rings. The van der Waals surface area contributed by atoms with E-state index in [1.165, 1.54) is 24.7 Å². The number of nitrogens with zero attached hydrogens (tertiary/aromatic N) is 1. The molecule has 0 aliphatic carbocycles. The third-order valence-electron chi connectivity index (χ3n) is 1.19. The maximum atomic E-state index is 10.6. The van der Waals surface area contributed by atoms with Crippen molar-refractivity contribution >= 4 is 23.5 Å². The summed E-state index contributed by atoms with van der Waals surface area (Å²) in [5.74, 6) is -0.427. The van der Waals surface area contributed by atoms with Crippen molar-refractivity contribution in [3.05, 3.63) is 21.9 Å². The van der Waals surface area contributed by atoms with Crippen LogP contribution in [-0.2, 0) is 4.84 Å². The second-order valence-electron chi connectivity index (χ2n) is 2.02. The zero-order valence-electron chi connectivity index (χ0n) is 6.48. The first-order chi connectivity index (χ1) is 5.74. The average Bonchev–Trinajstić information content (AvgIpc) is 2.48. The van der Waals surface area contributed by atoms with Crippen molar-refractivity contribution in [2.45, 2.75) is 0 Å². The van der Waals surface area contributed by atoms with Gasteiger partial charge in [-0.25, -0.2) is 0 Å². The summed E-state index contributed by atoms with van der Waals surface area (Å²) in [6.45, 7) is 0. The maximum Gasteiger partial charge on any atom is 0.249 e. The summed E-state index contributed by atoms with van der Waals surface area (Å²) in [7, 11) is 1.46. The van der Waals surface area contributed by atoms with Crippen LogP contribution in [0.25, 0.3) is 0 Å². The Kier molecular flexibility index (Phi) is 2.82. The van der Waals surface area contributed by atoms with Crippen LogP contribution in [0.2, 0.25) is 0 Å². The summed E-state index contributed by atoms with van der Waals surface area (Å²) in [5, 5.41) is 5.23. The van der Waals surface area contributed by atoms with E-state index >= 15 is 0 Å². The van der Waals surface area contributed by atoms with Gasteiger partial charge in [-0.3, -0.25) is 4.79 Å². The largest absolute Gasteiger partial charge is 0.399 e. The molecule has 1 amide bonds. The Balaban J connectivity index is 2.77. The zero-order valence-corrected chi connectivity index (χ0v) is 7.30. The second-order valence-corrected chi connectivity index (χ2v) is 2.96. The molecule has 1 aromatic heterocycles.